The lowest BCUT2D eigenvalue weighted by Gasteiger charge is -2.05. The van der Waals surface area contributed by atoms with Crippen molar-refractivity contribution in [1.29, 1.82) is 5.26 Å². The van der Waals surface area contributed by atoms with E-state index in [2.05, 4.69) is 19.2 Å². The molecule has 0 aliphatic heterocycles. The van der Waals surface area contributed by atoms with Gasteiger partial charge in [-0.05, 0) is 12.3 Å². The molecule has 0 atom stereocenters. The van der Waals surface area contributed by atoms with Gasteiger partial charge >= 0.3 is 6.09 Å². The van der Waals surface area contributed by atoms with Gasteiger partial charge in [-0.1, -0.05) is 13.8 Å². The zero-order valence-electron chi connectivity index (χ0n) is 7.46. The minimum atomic E-state index is -0.516. The fourth-order valence-electron chi connectivity index (χ4n) is 0.550. The van der Waals surface area contributed by atoms with Crippen LogP contribution >= 0.6 is 0 Å². The molecule has 0 saturated carbocycles. The molecule has 0 aliphatic rings. The van der Waals surface area contributed by atoms with Gasteiger partial charge in [-0.3, -0.25) is 0 Å². The van der Waals surface area contributed by atoms with E-state index in [1.807, 2.05) is 0 Å². The molecule has 68 valence electrons. The molecule has 0 unspecified atom stereocenters. The Balaban J connectivity index is 3.27. The summed E-state index contributed by atoms with van der Waals surface area (Å²) in [6.07, 6.45) is 0.331. The Kier molecular flexibility index (Phi) is 5.80. The predicted octanol–water partition coefficient (Wildman–Crippen LogP) is 1.28. The van der Waals surface area contributed by atoms with Crippen molar-refractivity contribution in [2.24, 2.45) is 5.92 Å². The molecule has 0 aromatic rings. The fourth-order valence-corrected chi connectivity index (χ4v) is 0.550. The van der Waals surface area contributed by atoms with E-state index in [9.17, 15) is 4.79 Å². The zero-order chi connectivity index (χ0) is 9.40. The maximum Gasteiger partial charge on any atom is 0.407 e. The number of carbonyl (C=O) groups is 1. The number of amides is 1. The standard InChI is InChI=1S/C8H14N2O2/c1-7(2)3-6-12-8(11)10-5-4-9/h7H,3,5-6H2,1-2H3,(H,10,11). The van der Waals surface area contributed by atoms with E-state index in [4.69, 9.17) is 10.00 Å². The monoisotopic (exact) mass is 170 g/mol. The summed E-state index contributed by atoms with van der Waals surface area (Å²) in [6.45, 7) is 4.52. The molecule has 0 aromatic heterocycles. The summed E-state index contributed by atoms with van der Waals surface area (Å²) < 4.78 is 4.75. The van der Waals surface area contributed by atoms with Gasteiger partial charge in [0.25, 0.3) is 0 Å². The van der Waals surface area contributed by atoms with Gasteiger partial charge in [-0.25, -0.2) is 4.79 Å². The number of nitriles is 1. The number of nitrogens with one attached hydrogen (secondary N) is 1. The quantitative estimate of drug-likeness (QED) is 0.646. The second kappa shape index (κ2) is 6.47. The predicted molar refractivity (Wildman–Crippen MR) is 44.4 cm³/mol. The third kappa shape index (κ3) is 6.87. The van der Waals surface area contributed by atoms with E-state index in [0.29, 0.717) is 12.5 Å². The zero-order valence-corrected chi connectivity index (χ0v) is 7.46. The van der Waals surface area contributed by atoms with Gasteiger partial charge in [0.05, 0.1) is 12.7 Å². The first-order valence-corrected chi connectivity index (χ1v) is 3.94. The summed E-state index contributed by atoms with van der Waals surface area (Å²) in [5.41, 5.74) is 0. The smallest absolute Gasteiger partial charge is 0.407 e. The molecule has 0 heterocycles. The van der Waals surface area contributed by atoms with Crippen molar-refractivity contribution in [2.75, 3.05) is 13.2 Å². The van der Waals surface area contributed by atoms with Crippen molar-refractivity contribution in [3.8, 4) is 6.07 Å². The maximum atomic E-state index is 10.7. The van der Waals surface area contributed by atoms with Crippen LogP contribution in [0.4, 0.5) is 4.79 Å². The van der Waals surface area contributed by atoms with Crippen LogP contribution in [0, 0.1) is 17.2 Å². The molecule has 4 heteroatoms. The van der Waals surface area contributed by atoms with E-state index in [1.54, 1.807) is 6.07 Å². The molecule has 0 saturated heterocycles. The maximum absolute atomic E-state index is 10.7. The number of nitrogens with zero attached hydrogens (tertiary/aromatic N) is 1. The Morgan fingerprint density at radius 2 is 2.33 bits per heavy atom. The largest absolute Gasteiger partial charge is 0.450 e. The average molecular weight is 170 g/mol. The number of ether oxygens (including phenoxy) is 1. The van der Waals surface area contributed by atoms with Crippen LogP contribution in [0.5, 0.6) is 0 Å². The van der Waals surface area contributed by atoms with Crippen LogP contribution in [-0.4, -0.2) is 19.2 Å². The van der Waals surface area contributed by atoms with Crippen molar-refractivity contribution < 1.29 is 9.53 Å². The van der Waals surface area contributed by atoms with Crippen LogP contribution in [0.2, 0.25) is 0 Å². The Morgan fingerprint density at radius 3 is 2.83 bits per heavy atom. The lowest BCUT2D eigenvalue weighted by atomic mass is 10.1. The first kappa shape index (κ1) is 10.8. The van der Waals surface area contributed by atoms with E-state index >= 15 is 0 Å². The molecule has 1 amide bonds. The van der Waals surface area contributed by atoms with E-state index < -0.39 is 6.09 Å². The second-order valence-electron chi connectivity index (χ2n) is 2.83. The van der Waals surface area contributed by atoms with Crippen LogP contribution in [0.25, 0.3) is 0 Å². The molecule has 0 aromatic carbocycles. The molecular formula is C8H14N2O2. The van der Waals surface area contributed by atoms with Crippen LogP contribution in [0.15, 0.2) is 0 Å². The Morgan fingerprint density at radius 1 is 1.67 bits per heavy atom. The molecule has 0 rings (SSSR count). The van der Waals surface area contributed by atoms with E-state index in [0.717, 1.165) is 6.42 Å². The van der Waals surface area contributed by atoms with E-state index in [1.165, 1.54) is 0 Å². The summed E-state index contributed by atoms with van der Waals surface area (Å²) in [4.78, 5) is 10.7. The van der Waals surface area contributed by atoms with Gasteiger partial charge in [0, 0.05) is 0 Å². The number of alkyl carbamates (subject to hydrolysis) is 1. The first-order valence-electron chi connectivity index (χ1n) is 3.94. The Hall–Kier alpha value is -1.24. The van der Waals surface area contributed by atoms with Crippen molar-refractivity contribution in [2.45, 2.75) is 20.3 Å². The van der Waals surface area contributed by atoms with Crippen LogP contribution in [0.3, 0.4) is 0 Å². The summed E-state index contributed by atoms with van der Waals surface area (Å²) in [5, 5.41) is 10.4. The molecular weight excluding hydrogens is 156 g/mol. The Bertz CT molecular complexity index is 172. The molecule has 0 aliphatic carbocycles. The van der Waals surface area contributed by atoms with Crippen molar-refractivity contribution in [1.82, 2.24) is 5.32 Å². The molecule has 4 nitrogen and oxygen atoms in total. The number of rotatable bonds is 4. The molecule has 1 N–H and O–H groups in total. The van der Waals surface area contributed by atoms with Gasteiger partial charge in [0.1, 0.15) is 6.54 Å². The summed E-state index contributed by atoms with van der Waals surface area (Å²) in [5.74, 6) is 0.522. The number of hydrogen-bond acceptors (Lipinski definition) is 3. The molecule has 0 fully saturated rings. The molecule has 0 spiro atoms. The minimum absolute atomic E-state index is 0.000508. The highest BCUT2D eigenvalue weighted by atomic mass is 16.5. The van der Waals surface area contributed by atoms with Gasteiger partial charge in [0.2, 0.25) is 0 Å². The average Bonchev–Trinajstić information content (AvgIpc) is 2.00. The summed E-state index contributed by atoms with van der Waals surface area (Å²) in [6, 6.07) is 1.79. The van der Waals surface area contributed by atoms with Crippen LogP contribution < -0.4 is 5.32 Å². The topological polar surface area (TPSA) is 62.1 Å². The van der Waals surface area contributed by atoms with Gasteiger partial charge in [0.15, 0.2) is 0 Å². The van der Waals surface area contributed by atoms with Crippen molar-refractivity contribution in [3.05, 3.63) is 0 Å². The van der Waals surface area contributed by atoms with Gasteiger partial charge < -0.3 is 10.1 Å². The van der Waals surface area contributed by atoms with Crippen LogP contribution in [-0.2, 0) is 4.74 Å². The second-order valence-corrected chi connectivity index (χ2v) is 2.83. The highest BCUT2D eigenvalue weighted by molar-refractivity contribution is 5.67. The third-order valence-corrected chi connectivity index (χ3v) is 1.24. The van der Waals surface area contributed by atoms with Gasteiger partial charge in [-0.15, -0.1) is 0 Å². The van der Waals surface area contributed by atoms with Crippen molar-refractivity contribution in [3.63, 3.8) is 0 Å². The highest BCUT2D eigenvalue weighted by Gasteiger charge is 2.00. The SMILES string of the molecule is CC(C)CCOC(=O)NCC#N. The fraction of sp³-hybridized carbons (Fsp3) is 0.750. The first-order chi connectivity index (χ1) is 5.66. The number of hydrogen-bond donors (Lipinski definition) is 1. The minimum Gasteiger partial charge on any atom is -0.450 e. The Labute approximate surface area is 72.5 Å². The lowest BCUT2D eigenvalue weighted by molar-refractivity contribution is 0.142. The normalized spacial score (nSPS) is 9.17. The highest BCUT2D eigenvalue weighted by Crippen LogP contribution is 1.98. The third-order valence-electron chi connectivity index (χ3n) is 1.24. The molecule has 12 heavy (non-hydrogen) atoms. The summed E-state index contributed by atoms with van der Waals surface area (Å²) >= 11 is 0. The van der Waals surface area contributed by atoms with Crippen molar-refractivity contribution >= 4 is 6.09 Å². The molecule has 0 bridgehead atoms. The van der Waals surface area contributed by atoms with E-state index in [-0.39, 0.29) is 6.54 Å². The summed E-state index contributed by atoms with van der Waals surface area (Å²) in [7, 11) is 0. The molecule has 0 radical (unpaired) electrons. The lowest BCUT2D eigenvalue weighted by Crippen LogP contribution is -2.25. The number of carbonyl (C=O) groups excluding carboxylic acids is 1. The van der Waals surface area contributed by atoms with Gasteiger partial charge in [-0.2, -0.15) is 5.26 Å². The van der Waals surface area contributed by atoms with Crippen LogP contribution in [0.1, 0.15) is 20.3 Å².